The molecule has 0 spiro atoms. The summed E-state index contributed by atoms with van der Waals surface area (Å²) in [6.07, 6.45) is 0. The van der Waals surface area contributed by atoms with Gasteiger partial charge in [-0.25, -0.2) is 4.39 Å². The topological polar surface area (TPSA) is 59.5 Å². The van der Waals surface area contributed by atoms with Crippen LogP contribution in [0.1, 0.15) is 17.4 Å². The Morgan fingerprint density at radius 3 is 2.75 bits per heavy atom. The number of halogens is 2. The Hall–Kier alpha value is -1.66. The fourth-order valence-electron chi connectivity index (χ4n) is 2.09. The van der Waals surface area contributed by atoms with Crippen LogP contribution in [0, 0.1) is 5.82 Å². The number of likely N-dealkylation sites (N-methyl/N-ethyl adjacent to an activating group) is 1. The summed E-state index contributed by atoms with van der Waals surface area (Å²) in [5, 5.41) is 0. The number of rotatable bonds is 5. The molecule has 6 heteroatoms. The Balaban J connectivity index is 2.22. The second kappa shape index (κ2) is 6.19. The highest BCUT2D eigenvalue weighted by atomic mass is 79.9. The van der Waals surface area contributed by atoms with Crippen molar-refractivity contribution in [2.24, 2.45) is 5.73 Å². The van der Waals surface area contributed by atoms with Crippen molar-refractivity contribution < 1.29 is 13.6 Å². The van der Waals surface area contributed by atoms with Gasteiger partial charge in [0.05, 0.1) is 6.54 Å². The fraction of sp³-hybridized carbons (Fsp3) is 0.214. The summed E-state index contributed by atoms with van der Waals surface area (Å²) in [4.78, 5) is 13.4. The molecule has 1 aromatic carbocycles. The molecule has 0 saturated carbocycles. The second-order valence-corrected chi connectivity index (χ2v) is 5.26. The number of nitrogens with two attached hydrogens (primary N) is 1. The number of furan rings is 1. The number of hydrogen-bond acceptors (Lipinski definition) is 3. The third kappa shape index (κ3) is 3.46. The Bertz CT molecular complexity index is 615. The quantitative estimate of drug-likeness (QED) is 0.910. The predicted octanol–water partition coefficient (Wildman–Crippen LogP) is 2.84. The van der Waals surface area contributed by atoms with Gasteiger partial charge >= 0.3 is 0 Å². The van der Waals surface area contributed by atoms with E-state index in [2.05, 4.69) is 15.9 Å². The van der Waals surface area contributed by atoms with Crippen molar-refractivity contribution >= 4 is 21.8 Å². The van der Waals surface area contributed by atoms with Crippen LogP contribution in [0.15, 0.2) is 45.5 Å². The van der Waals surface area contributed by atoms with Gasteiger partial charge in [0.1, 0.15) is 17.6 Å². The molecule has 1 amide bonds. The highest BCUT2D eigenvalue weighted by Crippen LogP contribution is 2.23. The average Bonchev–Trinajstić information content (AvgIpc) is 2.74. The van der Waals surface area contributed by atoms with Crippen LogP contribution in [0.3, 0.4) is 0 Å². The largest absolute Gasteiger partial charge is 0.453 e. The van der Waals surface area contributed by atoms with E-state index in [1.165, 1.54) is 12.1 Å². The van der Waals surface area contributed by atoms with Crippen molar-refractivity contribution in [3.63, 3.8) is 0 Å². The molecule has 0 radical (unpaired) electrons. The van der Waals surface area contributed by atoms with Crippen molar-refractivity contribution in [2.75, 3.05) is 7.05 Å². The van der Waals surface area contributed by atoms with E-state index in [1.807, 2.05) is 0 Å². The predicted molar refractivity (Wildman–Crippen MR) is 76.2 cm³/mol. The van der Waals surface area contributed by atoms with Crippen LogP contribution in [0.5, 0.6) is 0 Å². The SMILES string of the molecule is CN(Cc1ccc(Br)o1)[C@@H](C(N)=O)c1cccc(F)c1. The zero-order chi connectivity index (χ0) is 14.7. The van der Waals surface area contributed by atoms with Crippen molar-refractivity contribution in [1.29, 1.82) is 0 Å². The van der Waals surface area contributed by atoms with E-state index < -0.39 is 17.8 Å². The summed E-state index contributed by atoms with van der Waals surface area (Å²) in [5.74, 6) is -0.256. The Kier molecular flexibility index (Phi) is 4.57. The van der Waals surface area contributed by atoms with Crippen LogP contribution in [0.2, 0.25) is 0 Å². The van der Waals surface area contributed by atoms with Crippen molar-refractivity contribution in [3.8, 4) is 0 Å². The molecule has 0 aliphatic carbocycles. The first-order valence-corrected chi connectivity index (χ1v) is 6.76. The van der Waals surface area contributed by atoms with Crippen LogP contribution in [0.25, 0.3) is 0 Å². The van der Waals surface area contributed by atoms with Gasteiger partial charge in [-0.3, -0.25) is 9.69 Å². The van der Waals surface area contributed by atoms with Gasteiger partial charge in [0.15, 0.2) is 4.67 Å². The first kappa shape index (κ1) is 14.7. The van der Waals surface area contributed by atoms with E-state index >= 15 is 0 Å². The van der Waals surface area contributed by atoms with E-state index in [4.69, 9.17) is 10.2 Å². The second-order valence-electron chi connectivity index (χ2n) is 4.48. The summed E-state index contributed by atoms with van der Waals surface area (Å²) < 4.78 is 19.3. The number of nitrogens with zero attached hydrogens (tertiary/aromatic N) is 1. The molecule has 0 saturated heterocycles. The first-order chi connectivity index (χ1) is 9.47. The molecule has 0 aliphatic heterocycles. The minimum absolute atomic E-state index is 0.385. The minimum Gasteiger partial charge on any atom is -0.453 e. The molecule has 20 heavy (non-hydrogen) atoms. The van der Waals surface area contributed by atoms with Gasteiger partial charge in [0.2, 0.25) is 5.91 Å². The molecule has 4 nitrogen and oxygen atoms in total. The smallest absolute Gasteiger partial charge is 0.239 e. The van der Waals surface area contributed by atoms with E-state index in [-0.39, 0.29) is 0 Å². The monoisotopic (exact) mass is 340 g/mol. The van der Waals surface area contributed by atoms with Crippen LogP contribution in [0.4, 0.5) is 4.39 Å². The normalized spacial score (nSPS) is 12.6. The number of carbonyl (C=O) groups is 1. The molecule has 1 heterocycles. The molecule has 0 bridgehead atoms. The van der Waals surface area contributed by atoms with Gasteiger partial charge < -0.3 is 10.2 Å². The summed E-state index contributed by atoms with van der Waals surface area (Å²) >= 11 is 3.22. The molecule has 0 aliphatic rings. The lowest BCUT2D eigenvalue weighted by molar-refractivity contribution is -0.123. The number of amides is 1. The number of benzene rings is 1. The molecular formula is C14H14BrFN2O2. The van der Waals surface area contributed by atoms with Crippen LogP contribution in [-0.2, 0) is 11.3 Å². The molecule has 2 rings (SSSR count). The van der Waals surface area contributed by atoms with Gasteiger partial charge in [-0.2, -0.15) is 0 Å². The fourth-order valence-corrected chi connectivity index (χ4v) is 2.43. The number of hydrogen-bond donors (Lipinski definition) is 1. The van der Waals surface area contributed by atoms with Crippen LogP contribution in [-0.4, -0.2) is 17.9 Å². The Morgan fingerprint density at radius 1 is 1.45 bits per heavy atom. The summed E-state index contributed by atoms with van der Waals surface area (Å²) in [7, 11) is 1.73. The number of carbonyl (C=O) groups excluding carboxylic acids is 1. The van der Waals surface area contributed by atoms with Gasteiger partial charge in [0, 0.05) is 0 Å². The molecule has 0 fully saturated rings. The molecule has 106 valence electrons. The van der Waals surface area contributed by atoms with Crippen molar-refractivity contribution in [3.05, 3.63) is 58.2 Å². The van der Waals surface area contributed by atoms with Crippen molar-refractivity contribution in [1.82, 2.24) is 4.90 Å². The standard InChI is InChI=1S/C14H14BrFN2O2/c1-18(8-11-5-6-12(15)20-11)13(14(17)19)9-3-2-4-10(16)7-9/h2-7,13H,8H2,1H3,(H2,17,19)/t13-/m1/s1. The van der Waals surface area contributed by atoms with Gasteiger partial charge in [-0.1, -0.05) is 12.1 Å². The third-order valence-electron chi connectivity index (χ3n) is 2.91. The molecular weight excluding hydrogens is 327 g/mol. The van der Waals surface area contributed by atoms with E-state index in [9.17, 15) is 9.18 Å². The number of primary amides is 1. The Labute approximate surface area is 124 Å². The molecule has 0 unspecified atom stereocenters. The summed E-state index contributed by atoms with van der Waals surface area (Å²) in [5.41, 5.74) is 5.95. The summed E-state index contributed by atoms with van der Waals surface area (Å²) in [6.45, 7) is 0.385. The van der Waals surface area contributed by atoms with Crippen molar-refractivity contribution in [2.45, 2.75) is 12.6 Å². The zero-order valence-electron chi connectivity index (χ0n) is 10.8. The lowest BCUT2D eigenvalue weighted by Crippen LogP contribution is -2.34. The molecule has 1 aromatic heterocycles. The molecule has 2 aromatic rings. The first-order valence-electron chi connectivity index (χ1n) is 5.96. The molecule has 1 atom stereocenters. The van der Waals surface area contributed by atoms with Crippen LogP contribution >= 0.6 is 15.9 Å². The highest BCUT2D eigenvalue weighted by Gasteiger charge is 2.24. The van der Waals surface area contributed by atoms with E-state index in [0.29, 0.717) is 22.5 Å². The van der Waals surface area contributed by atoms with E-state index in [0.717, 1.165) is 0 Å². The van der Waals surface area contributed by atoms with Gasteiger partial charge in [0.25, 0.3) is 0 Å². The summed E-state index contributed by atoms with van der Waals surface area (Å²) in [6, 6.07) is 8.71. The maximum absolute atomic E-state index is 13.3. The molecule has 2 N–H and O–H groups in total. The van der Waals surface area contributed by atoms with Crippen LogP contribution < -0.4 is 5.73 Å². The Morgan fingerprint density at radius 2 is 2.20 bits per heavy atom. The van der Waals surface area contributed by atoms with E-state index in [1.54, 1.807) is 36.2 Å². The van der Waals surface area contributed by atoms with Gasteiger partial charge in [-0.15, -0.1) is 0 Å². The minimum atomic E-state index is -0.713. The highest BCUT2D eigenvalue weighted by molar-refractivity contribution is 9.10. The van der Waals surface area contributed by atoms with Gasteiger partial charge in [-0.05, 0) is 52.8 Å². The average molecular weight is 341 g/mol. The maximum atomic E-state index is 13.3. The lowest BCUT2D eigenvalue weighted by atomic mass is 10.0. The zero-order valence-corrected chi connectivity index (χ0v) is 12.4. The third-order valence-corrected chi connectivity index (χ3v) is 3.33. The lowest BCUT2D eigenvalue weighted by Gasteiger charge is -2.24. The maximum Gasteiger partial charge on any atom is 0.239 e.